The van der Waals surface area contributed by atoms with Crippen LogP contribution in [0.1, 0.15) is 46.0 Å². The molecule has 0 unspecified atom stereocenters. The van der Waals surface area contributed by atoms with Gasteiger partial charge in [-0.3, -0.25) is 4.79 Å². The van der Waals surface area contributed by atoms with Crippen molar-refractivity contribution in [1.29, 1.82) is 0 Å². The van der Waals surface area contributed by atoms with E-state index >= 15 is 0 Å². The number of hydrogen-bond acceptors (Lipinski definition) is 6. The first-order chi connectivity index (χ1) is 15.0. The fourth-order valence-corrected chi connectivity index (χ4v) is 5.80. The summed E-state index contributed by atoms with van der Waals surface area (Å²) in [6.07, 6.45) is 2.65. The number of para-hydroxylation sites is 1. The maximum atomic E-state index is 13.4. The number of aromatic nitrogens is 2. The third-order valence-electron chi connectivity index (χ3n) is 5.71. The Labute approximate surface area is 187 Å². The molecule has 0 atom stereocenters. The van der Waals surface area contributed by atoms with Crippen LogP contribution in [-0.4, -0.2) is 16.1 Å². The highest BCUT2D eigenvalue weighted by Gasteiger charge is 2.41. The number of aryl methyl sites for hydroxylation is 1. The van der Waals surface area contributed by atoms with Gasteiger partial charge in [-0.25, -0.2) is 4.39 Å². The fraction of sp³-hybridized carbons (Fsp3) is 0.261. The summed E-state index contributed by atoms with van der Waals surface area (Å²) in [6, 6.07) is 14.1. The molecule has 0 radical (unpaired) electrons. The summed E-state index contributed by atoms with van der Waals surface area (Å²) in [6.45, 7) is 1.92. The highest BCUT2D eigenvalue weighted by atomic mass is 32.2. The fourth-order valence-electron chi connectivity index (χ4n) is 3.96. The van der Waals surface area contributed by atoms with Gasteiger partial charge in [-0.1, -0.05) is 53.4 Å². The van der Waals surface area contributed by atoms with E-state index in [0.29, 0.717) is 17.1 Å². The zero-order valence-corrected chi connectivity index (χ0v) is 18.5. The number of furan rings is 1. The number of thioether (sulfide) groups is 1. The largest absolute Gasteiger partial charge is 0.451 e. The molecule has 1 fully saturated rings. The molecule has 1 N–H and O–H groups in total. The van der Waals surface area contributed by atoms with E-state index in [4.69, 9.17) is 4.42 Å². The SMILES string of the molecule is Cc1nnc(SCc2c(C(=O)NC3(c4ccc(F)cc4)CCC3)oc3ccccc23)s1. The van der Waals surface area contributed by atoms with Crippen LogP contribution in [0.15, 0.2) is 57.3 Å². The molecule has 2 heterocycles. The molecule has 0 bridgehead atoms. The zero-order chi connectivity index (χ0) is 21.4. The van der Waals surface area contributed by atoms with Crippen molar-refractivity contribution < 1.29 is 13.6 Å². The molecule has 0 saturated heterocycles. The Morgan fingerprint density at radius 2 is 1.97 bits per heavy atom. The first kappa shape index (κ1) is 20.2. The molecule has 1 aliphatic rings. The Morgan fingerprint density at radius 3 is 2.65 bits per heavy atom. The van der Waals surface area contributed by atoms with Gasteiger partial charge >= 0.3 is 0 Å². The lowest BCUT2D eigenvalue weighted by Crippen LogP contribution is -2.50. The van der Waals surface area contributed by atoms with Crippen LogP contribution in [0.3, 0.4) is 0 Å². The minimum atomic E-state index is -0.482. The summed E-state index contributed by atoms with van der Waals surface area (Å²) in [5.74, 6) is 0.346. The van der Waals surface area contributed by atoms with Gasteiger partial charge < -0.3 is 9.73 Å². The van der Waals surface area contributed by atoms with E-state index in [1.54, 1.807) is 23.9 Å². The normalized spacial score (nSPS) is 15.0. The van der Waals surface area contributed by atoms with E-state index in [1.165, 1.54) is 23.5 Å². The Hall–Kier alpha value is -2.71. The number of halogens is 1. The van der Waals surface area contributed by atoms with Crippen molar-refractivity contribution >= 4 is 40.0 Å². The van der Waals surface area contributed by atoms with Crippen molar-refractivity contribution in [3.8, 4) is 0 Å². The molecule has 0 aliphatic heterocycles. The number of hydrogen-bond donors (Lipinski definition) is 1. The van der Waals surface area contributed by atoms with Gasteiger partial charge in [0, 0.05) is 16.7 Å². The summed E-state index contributed by atoms with van der Waals surface area (Å²) < 4.78 is 20.3. The summed E-state index contributed by atoms with van der Waals surface area (Å²) >= 11 is 3.07. The number of carbonyl (C=O) groups is 1. The van der Waals surface area contributed by atoms with Crippen LogP contribution < -0.4 is 5.32 Å². The molecule has 1 amide bonds. The molecular weight excluding hydrogens is 433 g/mol. The zero-order valence-electron chi connectivity index (χ0n) is 16.9. The third-order valence-corrected chi connectivity index (χ3v) is 7.71. The quantitative estimate of drug-likeness (QED) is 0.372. The van der Waals surface area contributed by atoms with Crippen LogP contribution in [0.5, 0.6) is 0 Å². The highest BCUT2D eigenvalue weighted by Crippen LogP contribution is 2.42. The smallest absolute Gasteiger partial charge is 0.288 e. The number of nitrogens with zero attached hydrogens (tertiary/aromatic N) is 2. The number of amides is 1. The van der Waals surface area contributed by atoms with Crippen LogP contribution in [0.2, 0.25) is 0 Å². The molecule has 1 aliphatic carbocycles. The Bertz CT molecular complexity index is 1250. The van der Waals surface area contributed by atoms with Crippen molar-refractivity contribution in [3.05, 3.63) is 76.2 Å². The van der Waals surface area contributed by atoms with E-state index in [1.807, 2.05) is 31.2 Å². The van der Waals surface area contributed by atoms with E-state index in [9.17, 15) is 9.18 Å². The summed E-state index contributed by atoms with van der Waals surface area (Å²) in [5, 5.41) is 13.3. The van der Waals surface area contributed by atoms with Gasteiger partial charge in [0.2, 0.25) is 0 Å². The van der Waals surface area contributed by atoms with E-state index < -0.39 is 5.54 Å². The Balaban J connectivity index is 1.46. The minimum absolute atomic E-state index is 0.246. The molecule has 5 rings (SSSR count). The molecule has 5 nitrogen and oxygen atoms in total. The molecule has 2 aromatic heterocycles. The van der Waals surface area contributed by atoms with Crippen LogP contribution in [0.4, 0.5) is 4.39 Å². The maximum absolute atomic E-state index is 13.4. The lowest BCUT2D eigenvalue weighted by atomic mass is 9.71. The van der Waals surface area contributed by atoms with Crippen LogP contribution in [-0.2, 0) is 11.3 Å². The van der Waals surface area contributed by atoms with E-state index in [-0.39, 0.29) is 11.7 Å². The molecule has 31 heavy (non-hydrogen) atoms. The predicted octanol–water partition coefficient (Wildman–Crippen LogP) is 5.83. The lowest BCUT2D eigenvalue weighted by molar-refractivity contribution is 0.0796. The Morgan fingerprint density at radius 1 is 1.19 bits per heavy atom. The highest BCUT2D eigenvalue weighted by molar-refractivity contribution is 8.00. The minimum Gasteiger partial charge on any atom is -0.451 e. The van der Waals surface area contributed by atoms with Gasteiger partial charge in [0.1, 0.15) is 16.4 Å². The molecule has 4 aromatic rings. The maximum Gasteiger partial charge on any atom is 0.288 e. The molecule has 1 saturated carbocycles. The van der Waals surface area contributed by atoms with Crippen LogP contribution >= 0.6 is 23.1 Å². The average Bonchev–Trinajstić information content (AvgIpc) is 3.33. The summed E-state index contributed by atoms with van der Waals surface area (Å²) in [4.78, 5) is 13.4. The number of benzene rings is 2. The van der Waals surface area contributed by atoms with E-state index in [0.717, 1.165) is 45.1 Å². The standard InChI is InChI=1S/C23H20FN3O2S2/c1-14-26-27-22(31-14)30-13-18-17-5-2-3-6-19(17)29-20(18)21(28)25-23(11-4-12-23)15-7-9-16(24)10-8-15/h2-3,5-10H,4,11-13H2,1H3,(H,25,28). The monoisotopic (exact) mass is 453 g/mol. The van der Waals surface area contributed by atoms with Gasteiger partial charge in [0.25, 0.3) is 5.91 Å². The molecule has 158 valence electrons. The van der Waals surface area contributed by atoms with Gasteiger partial charge in [-0.05, 0) is 49.9 Å². The second-order valence-electron chi connectivity index (χ2n) is 7.68. The van der Waals surface area contributed by atoms with Crippen molar-refractivity contribution in [1.82, 2.24) is 15.5 Å². The average molecular weight is 454 g/mol. The molecule has 8 heteroatoms. The first-order valence-corrected chi connectivity index (χ1v) is 11.9. The molecule has 2 aromatic carbocycles. The lowest BCUT2D eigenvalue weighted by Gasteiger charge is -2.43. The van der Waals surface area contributed by atoms with Crippen molar-refractivity contribution in [2.75, 3.05) is 0 Å². The van der Waals surface area contributed by atoms with Crippen LogP contribution in [0, 0.1) is 12.7 Å². The van der Waals surface area contributed by atoms with Gasteiger partial charge in [-0.2, -0.15) is 0 Å². The predicted molar refractivity (Wildman–Crippen MR) is 120 cm³/mol. The van der Waals surface area contributed by atoms with E-state index in [2.05, 4.69) is 15.5 Å². The van der Waals surface area contributed by atoms with Crippen molar-refractivity contribution in [2.45, 2.75) is 41.8 Å². The Kier molecular flexibility index (Phi) is 5.27. The summed E-state index contributed by atoms with van der Waals surface area (Å²) in [5.41, 5.74) is 1.97. The number of nitrogens with one attached hydrogen (secondary N) is 1. The first-order valence-electron chi connectivity index (χ1n) is 10.1. The number of carbonyl (C=O) groups excluding carboxylic acids is 1. The second kappa shape index (κ2) is 8.09. The summed E-state index contributed by atoms with van der Waals surface area (Å²) in [7, 11) is 0. The van der Waals surface area contributed by atoms with Gasteiger partial charge in [-0.15, -0.1) is 10.2 Å². The van der Waals surface area contributed by atoms with Gasteiger partial charge in [0.05, 0.1) is 5.54 Å². The van der Waals surface area contributed by atoms with Gasteiger partial charge in [0.15, 0.2) is 10.1 Å². The third kappa shape index (κ3) is 3.85. The number of fused-ring (bicyclic) bond motifs is 1. The number of rotatable bonds is 6. The second-order valence-corrected chi connectivity index (χ2v) is 10.1. The van der Waals surface area contributed by atoms with Crippen molar-refractivity contribution in [3.63, 3.8) is 0 Å². The topological polar surface area (TPSA) is 68.0 Å². The molecule has 0 spiro atoms. The van der Waals surface area contributed by atoms with Crippen LogP contribution in [0.25, 0.3) is 11.0 Å². The van der Waals surface area contributed by atoms with Crippen molar-refractivity contribution in [2.24, 2.45) is 0 Å². The molecular formula is C23H20FN3O2S2.